The number of carboxylic acids is 1. The van der Waals surface area contributed by atoms with E-state index in [4.69, 9.17) is 0 Å². The van der Waals surface area contributed by atoms with E-state index in [1.807, 2.05) is 0 Å². The van der Waals surface area contributed by atoms with Crippen molar-refractivity contribution in [2.45, 2.75) is 46.0 Å². The van der Waals surface area contributed by atoms with Crippen molar-refractivity contribution in [2.75, 3.05) is 11.9 Å². The van der Waals surface area contributed by atoms with Gasteiger partial charge in [0.25, 0.3) is 0 Å². The Morgan fingerprint density at radius 3 is 2.75 bits per heavy atom. The Morgan fingerprint density at radius 1 is 1.45 bits per heavy atom. The fraction of sp³-hybridized carbons (Fsp3) is 0.625. The number of aromatic nitrogens is 1. The maximum atomic E-state index is 11.2. The van der Waals surface area contributed by atoms with E-state index in [9.17, 15) is 9.90 Å². The van der Waals surface area contributed by atoms with E-state index < -0.39 is 5.97 Å². The van der Waals surface area contributed by atoms with Crippen LogP contribution in [-0.4, -0.2) is 22.6 Å². The van der Waals surface area contributed by atoms with Crippen LogP contribution in [0.3, 0.4) is 0 Å². The lowest BCUT2D eigenvalue weighted by molar-refractivity contribution is 0.0697. The average molecular weight is 276 g/mol. The zero-order valence-electron chi connectivity index (χ0n) is 12.4. The summed E-state index contributed by atoms with van der Waals surface area (Å²) in [5.74, 6) is 0.234. The number of hydrogen-bond donors (Lipinski definition) is 2. The normalized spacial score (nSPS) is 17.4. The van der Waals surface area contributed by atoms with Gasteiger partial charge >= 0.3 is 5.97 Å². The minimum Gasteiger partial charge on any atom is -0.478 e. The average Bonchev–Trinajstić information content (AvgIpc) is 2.84. The molecule has 0 bridgehead atoms. The quantitative estimate of drug-likeness (QED) is 0.829. The van der Waals surface area contributed by atoms with Crippen LogP contribution in [-0.2, 0) is 0 Å². The molecule has 1 aliphatic carbocycles. The monoisotopic (exact) mass is 276 g/mol. The topological polar surface area (TPSA) is 62.2 Å². The van der Waals surface area contributed by atoms with Crippen molar-refractivity contribution in [1.29, 1.82) is 0 Å². The molecule has 2 N–H and O–H groups in total. The van der Waals surface area contributed by atoms with Crippen LogP contribution in [0.4, 0.5) is 5.82 Å². The van der Waals surface area contributed by atoms with E-state index in [0.29, 0.717) is 17.2 Å². The smallest absolute Gasteiger partial charge is 0.339 e. The third kappa shape index (κ3) is 3.50. The van der Waals surface area contributed by atoms with Crippen molar-refractivity contribution < 1.29 is 9.90 Å². The number of carbonyl (C=O) groups is 1. The Labute approximate surface area is 120 Å². The van der Waals surface area contributed by atoms with Gasteiger partial charge in [0.05, 0.1) is 0 Å². The van der Waals surface area contributed by atoms with Crippen LogP contribution in [0.1, 0.15) is 56.3 Å². The van der Waals surface area contributed by atoms with Crippen LogP contribution in [0, 0.1) is 11.3 Å². The van der Waals surface area contributed by atoms with E-state index in [0.717, 1.165) is 6.54 Å². The summed E-state index contributed by atoms with van der Waals surface area (Å²) >= 11 is 0. The molecule has 4 nitrogen and oxygen atoms in total. The van der Waals surface area contributed by atoms with Gasteiger partial charge in [0.1, 0.15) is 11.4 Å². The second-order valence-corrected chi connectivity index (χ2v) is 6.36. The number of nitrogens with zero attached hydrogens (tertiary/aromatic N) is 1. The molecule has 1 aromatic heterocycles. The molecular formula is C16H24N2O2. The minimum absolute atomic E-state index is 0.255. The molecule has 0 unspecified atom stereocenters. The van der Waals surface area contributed by atoms with Gasteiger partial charge in [-0.3, -0.25) is 0 Å². The molecular weight excluding hydrogens is 252 g/mol. The zero-order chi connectivity index (χ0) is 14.6. The van der Waals surface area contributed by atoms with Crippen molar-refractivity contribution in [1.82, 2.24) is 4.98 Å². The van der Waals surface area contributed by atoms with Crippen LogP contribution in [0.15, 0.2) is 18.3 Å². The maximum Gasteiger partial charge on any atom is 0.339 e. The number of rotatable bonds is 6. The molecule has 1 aliphatic rings. The van der Waals surface area contributed by atoms with Crippen molar-refractivity contribution in [3.8, 4) is 0 Å². The van der Waals surface area contributed by atoms with Gasteiger partial charge in [-0.15, -0.1) is 0 Å². The van der Waals surface area contributed by atoms with Crippen LogP contribution in [0.2, 0.25) is 0 Å². The summed E-state index contributed by atoms with van der Waals surface area (Å²) < 4.78 is 0. The van der Waals surface area contributed by atoms with Gasteiger partial charge < -0.3 is 10.4 Å². The SMILES string of the molecule is CC(C)CC1(CNc2ncccc2C(=O)O)CCCC1. The summed E-state index contributed by atoms with van der Waals surface area (Å²) in [4.78, 5) is 15.4. The molecule has 110 valence electrons. The Bertz CT molecular complexity index is 465. The van der Waals surface area contributed by atoms with E-state index >= 15 is 0 Å². The van der Waals surface area contributed by atoms with E-state index in [1.165, 1.54) is 32.1 Å². The number of anilines is 1. The van der Waals surface area contributed by atoms with Gasteiger partial charge in [-0.05, 0) is 42.7 Å². The first-order valence-electron chi connectivity index (χ1n) is 7.45. The standard InChI is InChI=1S/C16H24N2O2/c1-12(2)10-16(7-3-4-8-16)11-18-14-13(15(19)20)6-5-9-17-14/h5-6,9,12H,3-4,7-8,10-11H2,1-2H3,(H,17,18)(H,19,20). The molecule has 1 fully saturated rings. The van der Waals surface area contributed by atoms with Gasteiger partial charge in [0, 0.05) is 12.7 Å². The second-order valence-electron chi connectivity index (χ2n) is 6.36. The van der Waals surface area contributed by atoms with Gasteiger partial charge in [-0.2, -0.15) is 0 Å². The largest absolute Gasteiger partial charge is 0.478 e. The van der Waals surface area contributed by atoms with Gasteiger partial charge in [0.2, 0.25) is 0 Å². The molecule has 20 heavy (non-hydrogen) atoms. The summed E-state index contributed by atoms with van der Waals surface area (Å²) in [5, 5.41) is 12.5. The predicted octanol–water partition coefficient (Wildman–Crippen LogP) is 3.80. The zero-order valence-corrected chi connectivity index (χ0v) is 12.4. The molecule has 0 amide bonds. The first-order chi connectivity index (χ1) is 9.52. The maximum absolute atomic E-state index is 11.2. The van der Waals surface area contributed by atoms with Gasteiger partial charge in [-0.1, -0.05) is 26.7 Å². The molecule has 1 heterocycles. The van der Waals surface area contributed by atoms with Crippen LogP contribution >= 0.6 is 0 Å². The Morgan fingerprint density at radius 2 is 2.15 bits per heavy atom. The molecule has 0 saturated heterocycles. The summed E-state index contributed by atoms with van der Waals surface area (Å²) in [5.41, 5.74) is 0.562. The Hall–Kier alpha value is -1.58. The Kier molecular flexibility index (Phi) is 4.63. The predicted molar refractivity (Wildman–Crippen MR) is 80.0 cm³/mol. The number of carboxylic acid groups (broad SMARTS) is 1. The molecule has 0 spiro atoms. The third-order valence-electron chi connectivity index (χ3n) is 4.17. The second kappa shape index (κ2) is 6.25. The molecule has 1 saturated carbocycles. The van der Waals surface area contributed by atoms with Crippen LogP contribution in [0.5, 0.6) is 0 Å². The van der Waals surface area contributed by atoms with Gasteiger partial charge in [-0.25, -0.2) is 9.78 Å². The van der Waals surface area contributed by atoms with E-state index in [2.05, 4.69) is 24.1 Å². The van der Waals surface area contributed by atoms with Crippen molar-refractivity contribution in [2.24, 2.45) is 11.3 Å². The molecule has 0 aliphatic heterocycles. The summed E-state index contributed by atoms with van der Waals surface area (Å²) in [6, 6.07) is 3.26. The molecule has 0 aromatic carbocycles. The van der Waals surface area contributed by atoms with Crippen molar-refractivity contribution in [3.05, 3.63) is 23.9 Å². The van der Waals surface area contributed by atoms with Crippen molar-refractivity contribution >= 4 is 11.8 Å². The number of pyridine rings is 1. The lowest BCUT2D eigenvalue weighted by Gasteiger charge is -2.31. The van der Waals surface area contributed by atoms with Crippen LogP contribution in [0.25, 0.3) is 0 Å². The fourth-order valence-corrected chi connectivity index (χ4v) is 3.43. The minimum atomic E-state index is -0.926. The lowest BCUT2D eigenvalue weighted by atomic mass is 9.78. The summed E-state index contributed by atoms with van der Waals surface area (Å²) in [6.45, 7) is 5.33. The molecule has 0 atom stereocenters. The highest BCUT2D eigenvalue weighted by molar-refractivity contribution is 5.92. The third-order valence-corrected chi connectivity index (χ3v) is 4.17. The molecule has 2 rings (SSSR count). The lowest BCUT2D eigenvalue weighted by Crippen LogP contribution is -2.29. The first-order valence-corrected chi connectivity index (χ1v) is 7.45. The van der Waals surface area contributed by atoms with E-state index in [-0.39, 0.29) is 5.56 Å². The Balaban J connectivity index is 2.08. The highest BCUT2D eigenvalue weighted by Gasteiger charge is 2.34. The van der Waals surface area contributed by atoms with Crippen molar-refractivity contribution in [3.63, 3.8) is 0 Å². The number of aromatic carboxylic acids is 1. The van der Waals surface area contributed by atoms with Gasteiger partial charge in [0.15, 0.2) is 0 Å². The fourth-order valence-electron chi connectivity index (χ4n) is 3.43. The summed E-state index contributed by atoms with van der Waals surface area (Å²) in [7, 11) is 0. The molecule has 4 heteroatoms. The van der Waals surface area contributed by atoms with Crippen LogP contribution < -0.4 is 5.32 Å². The van der Waals surface area contributed by atoms with E-state index in [1.54, 1.807) is 18.3 Å². The highest BCUT2D eigenvalue weighted by atomic mass is 16.4. The number of hydrogen-bond acceptors (Lipinski definition) is 3. The highest BCUT2D eigenvalue weighted by Crippen LogP contribution is 2.43. The number of nitrogens with one attached hydrogen (secondary N) is 1. The first kappa shape index (κ1) is 14.8. The summed E-state index contributed by atoms with van der Waals surface area (Å²) in [6.07, 6.45) is 7.85. The molecule has 0 radical (unpaired) electrons. The molecule has 1 aromatic rings.